The maximum atomic E-state index is 14.7. The molecule has 5 rings (SSSR count). The number of nitrogens with zero attached hydrogens (tertiary/aromatic N) is 1. The lowest BCUT2D eigenvalue weighted by atomic mass is 9.70. The second-order valence-electron chi connectivity index (χ2n) is 19.6. The summed E-state index contributed by atoms with van der Waals surface area (Å²) in [7, 11) is -3.52. The molecular formula is C42H67NO8S. The van der Waals surface area contributed by atoms with Crippen LogP contribution in [0.3, 0.4) is 0 Å². The van der Waals surface area contributed by atoms with Gasteiger partial charge < -0.3 is 9.64 Å². The van der Waals surface area contributed by atoms with E-state index in [1.54, 1.807) is 4.90 Å². The molecule has 0 aromatic heterocycles. The van der Waals surface area contributed by atoms with Gasteiger partial charge in [0.05, 0.1) is 16.5 Å². The first-order chi connectivity index (χ1) is 24.3. The molecule has 1 unspecified atom stereocenters. The quantitative estimate of drug-likeness (QED) is 0.136. The number of hydrogen-bond donors (Lipinski definition) is 0. The van der Waals surface area contributed by atoms with Gasteiger partial charge in [-0.05, 0) is 85.9 Å². The predicted molar refractivity (Wildman–Crippen MR) is 201 cm³/mol. The van der Waals surface area contributed by atoms with Crippen LogP contribution in [0.5, 0.6) is 0 Å². The largest absolute Gasteiger partial charge is 0.381 e. The molecule has 1 amide bonds. The van der Waals surface area contributed by atoms with Gasteiger partial charge in [-0.25, -0.2) is 8.42 Å². The van der Waals surface area contributed by atoms with Crippen LogP contribution in [0.4, 0.5) is 0 Å². The molecule has 52 heavy (non-hydrogen) atoms. The zero-order valence-electron chi connectivity index (χ0n) is 33.2. The number of Topliss-reactive ketones (excluding diaryl/α,β-unsaturated/α-hetero) is 4. The summed E-state index contributed by atoms with van der Waals surface area (Å²) >= 11 is 0. The average molecular weight is 746 g/mol. The molecule has 5 fully saturated rings. The standard InChI is InChI=1S/C42H67NO8S/c1-8-9-13-29(37(47)34(46)22-28-14-15-28)23-33(45)36-35-32(40(35,5)6)26-43(36)38(48)31(39(2,3)4)24-30(44)25-42(16-11-10-12-17-42)27-52(49,50)41(7)18-20-51-21-19-41/h28-29,31-32,35-36H,8-27H2,1-7H3/t29-,31-,32?,35+,36-/m1/s1. The van der Waals surface area contributed by atoms with Crippen molar-refractivity contribution in [1.82, 2.24) is 4.90 Å². The molecule has 2 aliphatic heterocycles. The van der Waals surface area contributed by atoms with Crippen LogP contribution >= 0.6 is 0 Å². The maximum absolute atomic E-state index is 14.7. The van der Waals surface area contributed by atoms with Gasteiger partial charge in [-0.15, -0.1) is 0 Å². The van der Waals surface area contributed by atoms with Gasteiger partial charge in [-0.3, -0.25) is 24.0 Å². The predicted octanol–water partition coefficient (Wildman–Crippen LogP) is 7.12. The Morgan fingerprint density at radius 2 is 1.54 bits per heavy atom. The number of piperidine rings is 1. The lowest BCUT2D eigenvalue weighted by Crippen LogP contribution is -2.51. The van der Waals surface area contributed by atoms with E-state index in [0.717, 1.165) is 44.9 Å². The number of rotatable bonds is 18. The molecule has 0 aromatic rings. The highest BCUT2D eigenvalue weighted by Gasteiger charge is 2.69. The van der Waals surface area contributed by atoms with Gasteiger partial charge >= 0.3 is 0 Å². The summed E-state index contributed by atoms with van der Waals surface area (Å²) in [6.07, 6.45) is 9.46. The summed E-state index contributed by atoms with van der Waals surface area (Å²) in [6, 6.07) is -0.682. The second-order valence-corrected chi connectivity index (χ2v) is 22.1. The number of carbonyl (C=O) groups is 5. The number of hydrogen-bond acceptors (Lipinski definition) is 8. The number of carbonyl (C=O) groups excluding carboxylic acids is 5. The number of ketones is 4. The van der Waals surface area contributed by atoms with E-state index in [0.29, 0.717) is 57.8 Å². The van der Waals surface area contributed by atoms with Crippen molar-refractivity contribution < 1.29 is 37.1 Å². The zero-order chi connectivity index (χ0) is 38.3. The van der Waals surface area contributed by atoms with E-state index in [-0.39, 0.29) is 71.9 Å². The Morgan fingerprint density at radius 3 is 2.12 bits per heavy atom. The maximum Gasteiger partial charge on any atom is 0.227 e. The van der Waals surface area contributed by atoms with Gasteiger partial charge in [0.15, 0.2) is 21.4 Å². The molecule has 2 heterocycles. The van der Waals surface area contributed by atoms with Crippen molar-refractivity contribution in [3.63, 3.8) is 0 Å². The minimum Gasteiger partial charge on any atom is -0.381 e. The lowest BCUT2D eigenvalue weighted by Gasteiger charge is -2.42. The van der Waals surface area contributed by atoms with E-state index < -0.39 is 49.1 Å². The summed E-state index contributed by atoms with van der Waals surface area (Å²) < 4.78 is 32.6. The fourth-order valence-corrected chi connectivity index (χ4v) is 12.3. The molecule has 0 N–H and O–H groups in total. The van der Waals surface area contributed by atoms with Crippen LogP contribution in [-0.4, -0.2) is 78.7 Å². The Balaban J connectivity index is 1.33. The molecule has 0 spiro atoms. The monoisotopic (exact) mass is 745 g/mol. The van der Waals surface area contributed by atoms with Gasteiger partial charge in [-0.1, -0.05) is 73.6 Å². The molecule has 3 aliphatic carbocycles. The van der Waals surface area contributed by atoms with Crippen LogP contribution in [0, 0.1) is 45.8 Å². The van der Waals surface area contributed by atoms with Crippen molar-refractivity contribution >= 4 is 38.9 Å². The van der Waals surface area contributed by atoms with Gasteiger partial charge in [-0.2, -0.15) is 0 Å². The van der Waals surface area contributed by atoms with Crippen molar-refractivity contribution in [2.45, 2.75) is 162 Å². The Bertz CT molecular complexity index is 1470. The zero-order valence-corrected chi connectivity index (χ0v) is 34.0. The summed E-state index contributed by atoms with van der Waals surface area (Å²) in [4.78, 5) is 71.2. The van der Waals surface area contributed by atoms with Gasteiger partial charge in [0.25, 0.3) is 0 Å². The Morgan fingerprint density at radius 1 is 0.904 bits per heavy atom. The number of fused-ring (bicyclic) bond motifs is 1. The topological polar surface area (TPSA) is 132 Å². The van der Waals surface area contributed by atoms with Gasteiger partial charge in [0.2, 0.25) is 11.7 Å². The molecule has 5 aliphatic rings. The molecule has 5 atom stereocenters. The molecule has 0 aromatic carbocycles. The van der Waals surface area contributed by atoms with Crippen LogP contribution in [-0.2, 0) is 38.5 Å². The fourth-order valence-electron chi connectivity index (χ4n) is 9.98. The third-order valence-corrected chi connectivity index (χ3v) is 17.0. The Kier molecular flexibility index (Phi) is 12.4. The third kappa shape index (κ3) is 8.95. The number of likely N-dealkylation sites (tertiary alicyclic amines) is 1. The van der Waals surface area contributed by atoms with Crippen molar-refractivity contribution in [3.05, 3.63) is 0 Å². The van der Waals surface area contributed by atoms with Crippen molar-refractivity contribution in [2.24, 2.45) is 45.8 Å². The first-order valence-corrected chi connectivity index (χ1v) is 22.1. The van der Waals surface area contributed by atoms with Crippen LogP contribution in [0.1, 0.15) is 151 Å². The molecule has 2 saturated heterocycles. The minimum absolute atomic E-state index is 0.00133. The molecule has 9 nitrogen and oxygen atoms in total. The van der Waals surface area contributed by atoms with E-state index in [1.165, 1.54) is 0 Å². The second kappa shape index (κ2) is 15.7. The molecule has 294 valence electrons. The van der Waals surface area contributed by atoms with Gasteiger partial charge in [0, 0.05) is 57.3 Å². The number of ether oxygens (including phenoxy) is 1. The first-order valence-electron chi connectivity index (χ1n) is 20.5. The van der Waals surface area contributed by atoms with Gasteiger partial charge in [0.1, 0.15) is 5.78 Å². The summed E-state index contributed by atoms with van der Waals surface area (Å²) in [5, 5.41) is 0. The molecule has 10 heteroatoms. The summed E-state index contributed by atoms with van der Waals surface area (Å²) in [5.41, 5.74) is -1.34. The fraction of sp³-hybridized carbons (Fsp3) is 0.881. The molecule has 3 saturated carbocycles. The Hall–Kier alpha value is -1.94. The molecular weight excluding hydrogens is 679 g/mol. The third-order valence-electron chi connectivity index (χ3n) is 14.1. The minimum atomic E-state index is -3.52. The normalized spacial score (nSPS) is 27.7. The molecule has 0 bridgehead atoms. The molecule has 0 radical (unpaired) electrons. The van der Waals surface area contributed by atoms with Crippen LogP contribution in [0.2, 0.25) is 0 Å². The van der Waals surface area contributed by atoms with Crippen LogP contribution in [0.25, 0.3) is 0 Å². The summed E-state index contributed by atoms with van der Waals surface area (Å²) in [6.45, 7) is 15.3. The Labute approximate surface area is 313 Å². The first kappa shape index (κ1) is 41.2. The highest BCUT2D eigenvalue weighted by molar-refractivity contribution is 7.92. The number of amides is 1. The lowest BCUT2D eigenvalue weighted by molar-refractivity contribution is -0.148. The highest BCUT2D eigenvalue weighted by Crippen LogP contribution is 2.65. The smallest absolute Gasteiger partial charge is 0.227 e. The van der Waals surface area contributed by atoms with E-state index in [4.69, 9.17) is 4.74 Å². The summed E-state index contributed by atoms with van der Waals surface area (Å²) in [5.74, 6) is -2.17. The SMILES string of the molecule is CCCC[C@H](CC(=O)[C@@H]1[C@@H]2C(CN1C(=O)[C@@H](CC(=O)CC1(CS(=O)(=O)C3(C)CCOCC3)CCCCC1)C(C)(C)C)C2(C)C)C(=O)C(=O)CC1CC1. The van der Waals surface area contributed by atoms with E-state index in [1.807, 2.05) is 34.6 Å². The van der Waals surface area contributed by atoms with E-state index in [2.05, 4.69) is 13.8 Å². The van der Waals surface area contributed by atoms with E-state index >= 15 is 0 Å². The van der Waals surface area contributed by atoms with Crippen molar-refractivity contribution in [1.29, 1.82) is 0 Å². The number of unbranched alkanes of at least 4 members (excludes halogenated alkanes) is 1. The average Bonchev–Trinajstić information content (AvgIpc) is 3.92. The van der Waals surface area contributed by atoms with Crippen LogP contribution in [0.15, 0.2) is 0 Å². The van der Waals surface area contributed by atoms with Crippen molar-refractivity contribution in [3.8, 4) is 0 Å². The van der Waals surface area contributed by atoms with Crippen molar-refractivity contribution in [2.75, 3.05) is 25.5 Å². The van der Waals surface area contributed by atoms with Crippen LogP contribution < -0.4 is 0 Å². The van der Waals surface area contributed by atoms with E-state index in [9.17, 15) is 32.4 Å². The highest BCUT2D eigenvalue weighted by atomic mass is 32.2. The number of sulfone groups is 1.